The summed E-state index contributed by atoms with van der Waals surface area (Å²) in [5.74, 6) is 0.613. The predicted octanol–water partition coefficient (Wildman–Crippen LogP) is 4.67. The summed E-state index contributed by atoms with van der Waals surface area (Å²) in [6, 6.07) is 2.15. The summed E-state index contributed by atoms with van der Waals surface area (Å²) in [5, 5.41) is 5.80. The summed E-state index contributed by atoms with van der Waals surface area (Å²) < 4.78 is 0. The number of allylic oxidation sites excluding steroid dienone is 3. The molecule has 0 amide bonds. The van der Waals surface area contributed by atoms with Gasteiger partial charge in [0.1, 0.15) is 0 Å². The maximum Gasteiger partial charge on any atom is 0.172 e. The monoisotopic (exact) mass is 464 g/mol. The molecule has 1 saturated heterocycles. The van der Waals surface area contributed by atoms with E-state index in [9.17, 15) is 4.79 Å². The Kier molecular flexibility index (Phi) is 4.59. The lowest BCUT2D eigenvalue weighted by atomic mass is 9.90. The van der Waals surface area contributed by atoms with Crippen LogP contribution >= 0.6 is 0 Å². The molecule has 0 saturated carbocycles. The maximum atomic E-state index is 13.4. The van der Waals surface area contributed by atoms with E-state index in [1.807, 2.05) is 13.0 Å². The molecule has 5 heterocycles. The smallest absolute Gasteiger partial charge is 0.172 e. The Morgan fingerprint density at radius 2 is 1.63 bits per heavy atom. The number of carbonyl (C=O) groups is 1. The van der Waals surface area contributed by atoms with E-state index >= 15 is 0 Å². The van der Waals surface area contributed by atoms with Crippen molar-refractivity contribution in [3.05, 3.63) is 85.3 Å². The normalized spacial score (nSPS) is 28.1. The highest BCUT2D eigenvalue weighted by Gasteiger charge is 2.41. The molecule has 6 rings (SSSR count). The Morgan fingerprint density at radius 1 is 0.886 bits per heavy atom. The Balaban J connectivity index is 1.72. The standard InChI is InChI=1S/C30H32N4O/c1-8-20-16(5)24-12-23-14(3)15(4)28(33-23)26-18(7)30(35)27-17(6)22(34-29(26)27)10-19-9-13(2)21(31-19)11-25(20)32-24/h8-12,14-15,18,31-34H,1H2,2-7H3/b19-10-,21-11-,23-12-,28-26-/t14-,15-,18+/m0/s1. The van der Waals surface area contributed by atoms with Crippen LogP contribution in [0.2, 0.25) is 0 Å². The third-order valence-electron chi connectivity index (χ3n) is 8.43. The number of carbonyl (C=O) groups excluding carboxylic acids is 1. The van der Waals surface area contributed by atoms with Gasteiger partial charge in [-0.1, -0.05) is 33.4 Å². The van der Waals surface area contributed by atoms with Gasteiger partial charge in [-0.15, -0.1) is 0 Å². The molecule has 4 N–H and O–H groups in total. The zero-order valence-corrected chi connectivity index (χ0v) is 21.2. The quantitative estimate of drug-likeness (QED) is 0.422. The van der Waals surface area contributed by atoms with E-state index in [-0.39, 0.29) is 17.6 Å². The van der Waals surface area contributed by atoms with Gasteiger partial charge in [0.2, 0.25) is 0 Å². The molecule has 3 atom stereocenters. The molecule has 178 valence electrons. The molecular weight excluding hydrogens is 432 g/mol. The van der Waals surface area contributed by atoms with Crippen molar-refractivity contribution in [3.8, 4) is 0 Å². The molecule has 2 aliphatic heterocycles. The minimum absolute atomic E-state index is 0.167. The lowest BCUT2D eigenvalue weighted by molar-refractivity contribution is 0.0965. The Labute approximate surface area is 205 Å². The first kappa shape index (κ1) is 21.8. The molecule has 5 nitrogen and oxygen atoms in total. The Morgan fingerprint density at radius 3 is 2.37 bits per heavy atom. The van der Waals surface area contributed by atoms with Gasteiger partial charge in [-0.3, -0.25) is 4.79 Å². The first-order valence-corrected chi connectivity index (χ1v) is 12.4. The molecule has 5 heteroatoms. The summed E-state index contributed by atoms with van der Waals surface area (Å²) in [5.41, 5.74) is 12.8. The van der Waals surface area contributed by atoms with Gasteiger partial charge in [0, 0.05) is 73.6 Å². The van der Waals surface area contributed by atoms with Crippen LogP contribution in [0.25, 0.3) is 29.9 Å². The van der Waals surface area contributed by atoms with E-state index in [0.29, 0.717) is 5.92 Å². The van der Waals surface area contributed by atoms with Gasteiger partial charge in [-0.2, -0.15) is 0 Å². The molecular formula is C30H32N4O. The van der Waals surface area contributed by atoms with Crippen molar-refractivity contribution in [2.45, 2.75) is 41.5 Å². The third-order valence-corrected chi connectivity index (χ3v) is 8.43. The third kappa shape index (κ3) is 2.97. The SMILES string of the molecule is C=Cc1c2[nH]c(c1C)/C=C1\N/C(=C3\c4[nH]c(c(C)c4C(=O)[C@@H]3C)/C=c3/cc(C)/c([nH]3)=C/2)[C@@H](C)[C@@H]1C. The van der Waals surface area contributed by atoms with Crippen LogP contribution in [-0.4, -0.2) is 20.7 Å². The van der Waals surface area contributed by atoms with E-state index in [1.54, 1.807) is 0 Å². The van der Waals surface area contributed by atoms with Gasteiger partial charge in [0.25, 0.3) is 0 Å². The van der Waals surface area contributed by atoms with Gasteiger partial charge >= 0.3 is 0 Å². The molecule has 3 aromatic rings. The lowest BCUT2D eigenvalue weighted by Gasteiger charge is -2.14. The second-order valence-electron chi connectivity index (χ2n) is 10.4. The highest BCUT2D eigenvalue weighted by molar-refractivity contribution is 6.15. The number of ketones is 1. The van der Waals surface area contributed by atoms with Crippen molar-refractivity contribution in [2.75, 3.05) is 0 Å². The fourth-order valence-electron chi connectivity index (χ4n) is 6.04. The van der Waals surface area contributed by atoms with Crippen LogP contribution in [0.1, 0.15) is 76.2 Å². The van der Waals surface area contributed by atoms with Gasteiger partial charge < -0.3 is 20.3 Å². The van der Waals surface area contributed by atoms with Crippen molar-refractivity contribution < 1.29 is 4.79 Å². The lowest BCUT2D eigenvalue weighted by Crippen LogP contribution is -2.14. The largest absolute Gasteiger partial charge is 0.361 e. The minimum atomic E-state index is -0.167. The summed E-state index contributed by atoms with van der Waals surface area (Å²) in [7, 11) is 0. The first-order valence-electron chi connectivity index (χ1n) is 12.4. The number of H-pyrrole nitrogens is 3. The van der Waals surface area contributed by atoms with Crippen molar-refractivity contribution in [1.29, 1.82) is 0 Å². The van der Waals surface area contributed by atoms with E-state index in [1.165, 1.54) is 11.3 Å². The molecule has 0 aromatic carbocycles. The van der Waals surface area contributed by atoms with E-state index in [0.717, 1.165) is 67.0 Å². The summed E-state index contributed by atoms with van der Waals surface area (Å²) >= 11 is 0. The number of rotatable bonds is 1. The van der Waals surface area contributed by atoms with Crippen LogP contribution in [-0.2, 0) is 0 Å². The van der Waals surface area contributed by atoms with Crippen molar-refractivity contribution in [2.24, 2.45) is 17.8 Å². The number of nitrogens with one attached hydrogen (secondary N) is 4. The van der Waals surface area contributed by atoms with E-state index in [4.69, 9.17) is 0 Å². The molecule has 0 radical (unpaired) electrons. The molecule has 0 unspecified atom stereocenters. The zero-order valence-electron chi connectivity index (χ0n) is 21.2. The van der Waals surface area contributed by atoms with Crippen LogP contribution in [0.4, 0.5) is 0 Å². The van der Waals surface area contributed by atoms with Gasteiger partial charge in [-0.25, -0.2) is 0 Å². The fraction of sp³-hybridized carbons (Fsp3) is 0.300. The molecule has 0 spiro atoms. The van der Waals surface area contributed by atoms with Crippen molar-refractivity contribution in [3.63, 3.8) is 0 Å². The number of aryl methyl sites for hydroxylation is 1. The van der Waals surface area contributed by atoms with Gasteiger partial charge in [-0.05, 0) is 61.8 Å². The number of Topliss-reactive ketones (excluding diaryl/α,β-unsaturated/α-hetero) is 1. The van der Waals surface area contributed by atoms with Crippen molar-refractivity contribution >= 4 is 35.7 Å². The summed E-state index contributed by atoms with van der Waals surface area (Å²) in [6.45, 7) is 16.9. The van der Waals surface area contributed by atoms with Crippen molar-refractivity contribution in [1.82, 2.24) is 20.3 Å². The predicted molar refractivity (Wildman–Crippen MR) is 143 cm³/mol. The van der Waals surface area contributed by atoms with Gasteiger partial charge in [0.05, 0.1) is 5.69 Å². The molecule has 3 aromatic heterocycles. The number of aromatic amines is 3. The molecule has 8 bridgehead atoms. The second kappa shape index (κ2) is 7.38. The van der Waals surface area contributed by atoms with Crippen LogP contribution in [0.3, 0.4) is 0 Å². The van der Waals surface area contributed by atoms with Crippen LogP contribution in [0.5, 0.6) is 0 Å². The van der Waals surface area contributed by atoms with Crippen LogP contribution in [0.15, 0.2) is 24.0 Å². The Bertz CT molecular complexity index is 1630. The van der Waals surface area contributed by atoms with Crippen LogP contribution < -0.4 is 16.0 Å². The number of fused-ring (bicyclic) bond motifs is 7. The number of aromatic nitrogens is 3. The highest BCUT2D eigenvalue weighted by atomic mass is 16.1. The first-order chi connectivity index (χ1) is 16.7. The zero-order chi connectivity index (χ0) is 24.8. The minimum Gasteiger partial charge on any atom is -0.361 e. The molecule has 1 aliphatic carbocycles. The van der Waals surface area contributed by atoms with E-state index in [2.05, 4.69) is 85.8 Å². The summed E-state index contributed by atoms with van der Waals surface area (Å²) in [4.78, 5) is 24.2. The molecule has 35 heavy (non-hydrogen) atoms. The highest BCUT2D eigenvalue weighted by Crippen LogP contribution is 2.46. The fourth-order valence-corrected chi connectivity index (χ4v) is 6.04. The molecule has 3 aliphatic rings. The van der Waals surface area contributed by atoms with Crippen LogP contribution in [0, 0.1) is 38.5 Å². The summed E-state index contributed by atoms with van der Waals surface area (Å²) in [6.07, 6.45) is 8.44. The molecule has 1 fully saturated rings. The topological polar surface area (TPSA) is 76.5 Å². The maximum absolute atomic E-state index is 13.4. The number of hydrogen-bond donors (Lipinski definition) is 4. The Hall–Kier alpha value is -3.73. The average Bonchev–Trinajstić information content (AvgIpc) is 3.54. The second-order valence-corrected chi connectivity index (χ2v) is 10.4. The van der Waals surface area contributed by atoms with E-state index < -0.39 is 0 Å². The number of hydrogen-bond acceptors (Lipinski definition) is 2. The van der Waals surface area contributed by atoms with Gasteiger partial charge in [0.15, 0.2) is 5.78 Å². The average molecular weight is 465 g/mol.